The lowest BCUT2D eigenvalue weighted by atomic mass is 9.96. The van der Waals surface area contributed by atoms with E-state index >= 15 is 0 Å². The van der Waals surface area contributed by atoms with E-state index < -0.39 is 0 Å². The maximum absolute atomic E-state index is 9.43. The lowest BCUT2D eigenvalue weighted by Crippen LogP contribution is -2.00. The van der Waals surface area contributed by atoms with E-state index in [-0.39, 0.29) is 0 Å². The van der Waals surface area contributed by atoms with Gasteiger partial charge >= 0.3 is 0 Å². The molecule has 2 heterocycles. The summed E-state index contributed by atoms with van der Waals surface area (Å²) < 4.78 is 6.56. The first kappa shape index (κ1) is 32.0. The van der Waals surface area contributed by atoms with Gasteiger partial charge in [-0.3, -0.25) is 0 Å². The normalized spacial score (nSPS) is 11.3. The summed E-state index contributed by atoms with van der Waals surface area (Å²) in [5.41, 5.74) is 11.4. The van der Waals surface area contributed by atoms with Gasteiger partial charge in [-0.15, -0.1) is 0 Å². The fraction of sp³-hybridized carbons (Fsp3) is 0. The number of furan rings is 1. The molecule has 0 aliphatic heterocycles. The van der Waals surface area contributed by atoms with E-state index in [1.807, 2.05) is 84.9 Å². The molecule has 0 radical (unpaired) electrons. The highest BCUT2D eigenvalue weighted by Gasteiger charge is 2.18. The summed E-state index contributed by atoms with van der Waals surface area (Å²) >= 11 is 0. The molecule has 0 fully saturated rings. The van der Waals surface area contributed by atoms with Crippen LogP contribution in [0.1, 0.15) is 5.56 Å². The van der Waals surface area contributed by atoms with Crippen molar-refractivity contribution in [3.05, 3.63) is 188 Å². The zero-order valence-electron chi connectivity index (χ0n) is 29.5. The SMILES string of the molecule is N#Cc1cccc(-c2ccc(-c3nc(-c4ccc5c(c4)oc4cccc(-c6cccc(-c7ccccc7)c6)c45)nc(-c4cccc5ccccc45)n3)cc2)c1. The molecule has 10 aromatic rings. The van der Waals surface area contributed by atoms with Crippen LogP contribution in [0.15, 0.2) is 186 Å². The predicted octanol–water partition coefficient (Wildman–Crippen LogP) is 12.8. The minimum absolute atomic E-state index is 0.553. The van der Waals surface area contributed by atoms with Gasteiger partial charge in [0, 0.05) is 27.5 Å². The van der Waals surface area contributed by atoms with E-state index in [2.05, 4.69) is 103 Å². The van der Waals surface area contributed by atoms with Gasteiger partial charge in [0.2, 0.25) is 0 Å². The van der Waals surface area contributed by atoms with Gasteiger partial charge in [-0.25, -0.2) is 15.0 Å². The number of nitriles is 1. The Morgan fingerprint density at radius 2 is 0.982 bits per heavy atom. The Morgan fingerprint density at radius 1 is 0.382 bits per heavy atom. The molecule has 5 heteroatoms. The lowest BCUT2D eigenvalue weighted by Gasteiger charge is -2.11. The summed E-state index contributed by atoms with van der Waals surface area (Å²) in [4.78, 5) is 15.2. The third-order valence-electron chi connectivity index (χ3n) is 10.2. The molecule has 10 rings (SSSR count). The van der Waals surface area contributed by atoms with Crippen molar-refractivity contribution < 1.29 is 4.42 Å². The second kappa shape index (κ2) is 13.4. The van der Waals surface area contributed by atoms with Gasteiger partial charge in [0.1, 0.15) is 11.2 Å². The molecular weight excluding hydrogens is 673 g/mol. The molecular formula is C50H30N4O. The van der Waals surface area contributed by atoms with Gasteiger partial charge in [-0.2, -0.15) is 5.26 Å². The summed E-state index contributed by atoms with van der Waals surface area (Å²) in [6.45, 7) is 0. The molecule has 0 unspecified atom stereocenters. The Hall–Kier alpha value is -7.68. The highest BCUT2D eigenvalue weighted by molar-refractivity contribution is 6.13. The highest BCUT2D eigenvalue weighted by atomic mass is 16.3. The summed E-state index contributed by atoms with van der Waals surface area (Å²) in [6, 6.07) is 64.1. The summed E-state index contributed by atoms with van der Waals surface area (Å²) in [5, 5.41) is 13.7. The third kappa shape index (κ3) is 5.89. The minimum Gasteiger partial charge on any atom is -0.456 e. The van der Waals surface area contributed by atoms with Gasteiger partial charge < -0.3 is 4.42 Å². The first-order chi connectivity index (χ1) is 27.2. The van der Waals surface area contributed by atoms with Crippen molar-refractivity contribution in [3.8, 4) is 73.6 Å². The Kier molecular flexibility index (Phi) is 7.79. The van der Waals surface area contributed by atoms with Crippen molar-refractivity contribution in [1.82, 2.24) is 15.0 Å². The van der Waals surface area contributed by atoms with Gasteiger partial charge in [-0.1, -0.05) is 146 Å². The molecule has 0 atom stereocenters. The third-order valence-corrected chi connectivity index (χ3v) is 10.2. The number of rotatable bonds is 6. The topological polar surface area (TPSA) is 75.6 Å². The molecule has 0 N–H and O–H groups in total. The van der Waals surface area contributed by atoms with Gasteiger partial charge in [0.15, 0.2) is 17.5 Å². The van der Waals surface area contributed by atoms with Gasteiger partial charge in [0.25, 0.3) is 0 Å². The highest BCUT2D eigenvalue weighted by Crippen LogP contribution is 2.39. The molecule has 0 amide bonds. The van der Waals surface area contributed by atoms with Crippen LogP contribution in [0.5, 0.6) is 0 Å². The molecule has 55 heavy (non-hydrogen) atoms. The van der Waals surface area contributed by atoms with E-state index in [1.165, 1.54) is 11.1 Å². The quantitative estimate of drug-likeness (QED) is 0.172. The first-order valence-corrected chi connectivity index (χ1v) is 18.2. The standard InChI is InChI=1S/C50H30N4O/c51-31-32-10-6-15-37(28-32)34-22-24-36(25-23-34)48-52-49(54-50(53-48)43-20-8-14-35-13-4-5-18-41(35)43)40-26-27-44-46(30-40)55-45-21-9-19-42(47(44)45)39-17-7-16-38(29-39)33-11-2-1-3-12-33/h1-30H. The van der Waals surface area contributed by atoms with Crippen molar-refractivity contribution >= 4 is 32.7 Å². The van der Waals surface area contributed by atoms with Gasteiger partial charge in [0.05, 0.1) is 11.6 Å². The summed E-state index contributed by atoms with van der Waals surface area (Å²) in [5.74, 6) is 1.71. The Morgan fingerprint density at radius 3 is 1.84 bits per heavy atom. The van der Waals surface area contributed by atoms with Crippen molar-refractivity contribution in [3.63, 3.8) is 0 Å². The van der Waals surface area contributed by atoms with Crippen LogP contribution < -0.4 is 0 Å². The monoisotopic (exact) mass is 702 g/mol. The maximum atomic E-state index is 9.43. The molecule has 0 aliphatic rings. The fourth-order valence-corrected chi connectivity index (χ4v) is 7.46. The van der Waals surface area contributed by atoms with Crippen molar-refractivity contribution in [1.29, 1.82) is 5.26 Å². The smallest absolute Gasteiger partial charge is 0.164 e. The largest absolute Gasteiger partial charge is 0.456 e. The van der Waals surface area contributed by atoms with Crippen LogP contribution in [0.4, 0.5) is 0 Å². The van der Waals surface area contributed by atoms with Crippen LogP contribution >= 0.6 is 0 Å². The second-order valence-corrected chi connectivity index (χ2v) is 13.5. The Balaban J connectivity index is 1.10. The van der Waals surface area contributed by atoms with E-state index in [9.17, 15) is 5.26 Å². The second-order valence-electron chi connectivity index (χ2n) is 13.5. The van der Waals surface area contributed by atoms with Crippen LogP contribution in [0.3, 0.4) is 0 Å². The number of benzene rings is 8. The lowest BCUT2D eigenvalue weighted by molar-refractivity contribution is 0.669. The molecule has 0 bridgehead atoms. The van der Waals surface area contributed by atoms with E-state index in [0.29, 0.717) is 23.0 Å². The molecule has 0 spiro atoms. The van der Waals surface area contributed by atoms with Crippen molar-refractivity contribution in [2.24, 2.45) is 0 Å². The van der Waals surface area contributed by atoms with Crippen LogP contribution in [0.2, 0.25) is 0 Å². The van der Waals surface area contributed by atoms with Gasteiger partial charge in [-0.05, 0) is 80.6 Å². The van der Waals surface area contributed by atoms with Crippen molar-refractivity contribution in [2.75, 3.05) is 0 Å². The maximum Gasteiger partial charge on any atom is 0.164 e. The summed E-state index contributed by atoms with van der Waals surface area (Å²) in [6.07, 6.45) is 0. The Bertz CT molecular complexity index is 3100. The van der Waals surface area contributed by atoms with Crippen LogP contribution in [-0.2, 0) is 0 Å². The molecule has 0 saturated heterocycles. The van der Waals surface area contributed by atoms with E-state index in [0.717, 1.165) is 71.7 Å². The molecule has 0 saturated carbocycles. The Labute approximate surface area is 317 Å². The van der Waals surface area contributed by atoms with E-state index in [4.69, 9.17) is 19.4 Å². The summed E-state index contributed by atoms with van der Waals surface area (Å²) in [7, 11) is 0. The molecule has 5 nitrogen and oxygen atoms in total. The van der Waals surface area contributed by atoms with Crippen LogP contribution in [0.25, 0.3) is 100 Å². The zero-order chi connectivity index (χ0) is 36.7. The average Bonchev–Trinajstić information content (AvgIpc) is 3.65. The minimum atomic E-state index is 0.553. The molecule has 256 valence electrons. The molecule has 0 aliphatic carbocycles. The number of hydrogen-bond acceptors (Lipinski definition) is 5. The molecule has 2 aromatic heterocycles. The van der Waals surface area contributed by atoms with Crippen molar-refractivity contribution in [2.45, 2.75) is 0 Å². The number of nitrogens with zero attached hydrogens (tertiary/aromatic N) is 4. The number of fused-ring (bicyclic) bond motifs is 4. The predicted molar refractivity (Wildman–Crippen MR) is 222 cm³/mol. The first-order valence-electron chi connectivity index (χ1n) is 18.2. The number of aromatic nitrogens is 3. The van der Waals surface area contributed by atoms with Crippen LogP contribution in [0, 0.1) is 11.3 Å². The fourth-order valence-electron chi connectivity index (χ4n) is 7.46. The molecule has 8 aromatic carbocycles. The number of hydrogen-bond donors (Lipinski definition) is 0. The van der Waals surface area contributed by atoms with Crippen LogP contribution in [-0.4, -0.2) is 15.0 Å². The average molecular weight is 703 g/mol. The zero-order valence-corrected chi connectivity index (χ0v) is 29.5. The van der Waals surface area contributed by atoms with E-state index in [1.54, 1.807) is 0 Å².